The van der Waals surface area contributed by atoms with Gasteiger partial charge in [-0.3, -0.25) is 4.79 Å². The number of sulfonamides is 1. The number of benzene rings is 2. The molecule has 10 heteroatoms. The molecule has 1 amide bonds. The van der Waals surface area contributed by atoms with E-state index in [1.807, 2.05) is 54.6 Å². The molecule has 1 fully saturated rings. The zero-order chi connectivity index (χ0) is 22.6. The third-order valence-electron chi connectivity index (χ3n) is 4.97. The van der Waals surface area contributed by atoms with Crippen LogP contribution in [0.25, 0.3) is 0 Å². The number of aromatic nitrogens is 2. The Morgan fingerprint density at radius 3 is 2.56 bits per heavy atom. The van der Waals surface area contributed by atoms with Gasteiger partial charge < -0.3 is 14.6 Å². The fourth-order valence-electron chi connectivity index (χ4n) is 3.30. The molecule has 0 bridgehead atoms. The van der Waals surface area contributed by atoms with Gasteiger partial charge in [0.25, 0.3) is 10.0 Å². The monoisotopic (exact) mass is 472 g/mol. The Balaban J connectivity index is 1.36. The normalized spacial score (nSPS) is 19.2. The number of hydrogen-bond donors (Lipinski definition) is 2. The van der Waals surface area contributed by atoms with Gasteiger partial charge in [0, 0.05) is 25.8 Å². The van der Waals surface area contributed by atoms with Crippen LogP contribution in [0, 0.1) is 0 Å². The van der Waals surface area contributed by atoms with E-state index in [1.165, 1.54) is 12.5 Å². The highest BCUT2D eigenvalue weighted by molar-refractivity contribution is 8.00. The van der Waals surface area contributed by atoms with Gasteiger partial charge in [0.05, 0.1) is 6.33 Å². The highest BCUT2D eigenvalue weighted by Gasteiger charge is 2.28. The Kier molecular flexibility index (Phi) is 6.83. The fourth-order valence-corrected chi connectivity index (χ4v) is 5.59. The van der Waals surface area contributed by atoms with Crippen molar-refractivity contribution in [2.75, 3.05) is 12.3 Å². The highest BCUT2D eigenvalue weighted by Crippen LogP contribution is 2.33. The van der Waals surface area contributed by atoms with Crippen molar-refractivity contribution >= 4 is 27.7 Å². The summed E-state index contributed by atoms with van der Waals surface area (Å²) < 4.78 is 34.7. The number of nitrogens with one attached hydrogen (secondary N) is 2. The molecule has 2 N–H and O–H groups in total. The molecule has 3 aromatic rings. The summed E-state index contributed by atoms with van der Waals surface area (Å²) in [5.74, 6) is 2.03. The SMILES string of the molecule is Cn1cnc(S(=O)(=O)NC[C@@H]2CCS[C@H](c3ccc(Oc4ccccc4)cc3)C(=O)N2)c1. The number of ether oxygens (including phenoxy) is 1. The largest absolute Gasteiger partial charge is 0.457 e. The molecule has 168 valence electrons. The third kappa shape index (κ3) is 5.50. The maximum atomic E-state index is 12.8. The second kappa shape index (κ2) is 9.76. The van der Waals surface area contributed by atoms with Gasteiger partial charge in [0.1, 0.15) is 16.7 Å². The summed E-state index contributed by atoms with van der Waals surface area (Å²) in [7, 11) is -2.01. The summed E-state index contributed by atoms with van der Waals surface area (Å²) >= 11 is 1.55. The second-order valence-electron chi connectivity index (χ2n) is 7.46. The predicted molar refractivity (Wildman–Crippen MR) is 123 cm³/mol. The molecule has 1 aromatic heterocycles. The Labute approximate surface area is 191 Å². The van der Waals surface area contributed by atoms with E-state index < -0.39 is 10.0 Å². The summed E-state index contributed by atoms with van der Waals surface area (Å²) in [6.07, 6.45) is 3.53. The lowest BCUT2D eigenvalue weighted by Crippen LogP contribution is -2.43. The van der Waals surface area contributed by atoms with Crippen LogP contribution in [0.5, 0.6) is 11.5 Å². The van der Waals surface area contributed by atoms with Crippen molar-refractivity contribution in [1.82, 2.24) is 19.6 Å². The molecule has 0 radical (unpaired) electrons. The van der Waals surface area contributed by atoms with Crippen molar-refractivity contribution in [2.45, 2.75) is 22.7 Å². The van der Waals surface area contributed by atoms with Crippen LogP contribution in [0.15, 0.2) is 72.1 Å². The maximum Gasteiger partial charge on any atom is 0.259 e. The van der Waals surface area contributed by atoms with Gasteiger partial charge in [0.2, 0.25) is 5.91 Å². The van der Waals surface area contributed by atoms with Crippen molar-refractivity contribution in [3.8, 4) is 11.5 Å². The molecule has 0 spiro atoms. The van der Waals surface area contributed by atoms with Crippen molar-refractivity contribution < 1.29 is 17.9 Å². The number of hydrogen-bond acceptors (Lipinski definition) is 6. The highest BCUT2D eigenvalue weighted by atomic mass is 32.2. The van der Waals surface area contributed by atoms with Gasteiger partial charge in [0.15, 0.2) is 5.03 Å². The molecular weight excluding hydrogens is 448 g/mol. The van der Waals surface area contributed by atoms with Gasteiger partial charge in [-0.2, -0.15) is 0 Å². The molecule has 0 saturated carbocycles. The zero-order valence-corrected chi connectivity index (χ0v) is 19.1. The van der Waals surface area contributed by atoms with Crippen LogP contribution in [0.1, 0.15) is 17.2 Å². The number of amides is 1. The van der Waals surface area contributed by atoms with Gasteiger partial charge in [-0.15, -0.1) is 11.8 Å². The first-order valence-corrected chi connectivity index (χ1v) is 12.7. The Morgan fingerprint density at radius 1 is 1.16 bits per heavy atom. The number of nitrogens with zero attached hydrogens (tertiary/aromatic N) is 2. The van der Waals surface area contributed by atoms with E-state index in [9.17, 15) is 13.2 Å². The van der Waals surface area contributed by atoms with E-state index in [1.54, 1.807) is 23.4 Å². The minimum Gasteiger partial charge on any atom is -0.457 e. The van der Waals surface area contributed by atoms with Crippen molar-refractivity contribution in [3.63, 3.8) is 0 Å². The lowest BCUT2D eigenvalue weighted by atomic mass is 10.1. The van der Waals surface area contributed by atoms with Crippen LogP contribution in [0.4, 0.5) is 0 Å². The van der Waals surface area contributed by atoms with E-state index >= 15 is 0 Å². The molecule has 8 nitrogen and oxygen atoms in total. The molecule has 1 saturated heterocycles. The molecule has 1 aliphatic rings. The summed E-state index contributed by atoms with van der Waals surface area (Å²) in [5.41, 5.74) is 0.877. The summed E-state index contributed by atoms with van der Waals surface area (Å²) in [5, 5.41) is 2.57. The average Bonchev–Trinajstić information content (AvgIpc) is 3.14. The van der Waals surface area contributed by atoms with E-state index in [0.717, 1.165) is 17.1 Å². The van der Waals surface area contributed by atoms with E-state index in [2.05, 4.69) is 15.0 Å². The Morgan fingerprint density at radius 2 is 1.88 bits per heavy atom. The number of aryl methyl sites for hydroxylation is 1. The minimum atomic E-state index is -3.72. The molecule has 32 heavy (non-hydrogen) atoms. The van der Waals surface area contributed by atoms with E-state index in [0.29, 0.717) is 12.2 Å². The van der Waals surface area contributed by atoms with E-state index in [-0.39, 0.29) is 28.8 Å². The quantitative estimate of drug-likeness (QED) is 0.548. The zero-order valence-electron chi connectivity index (χ0n) is 17.5. The van der Waals surface area contributed by atoms with Crippen LogP contribution in [0.3, 0.4) is 0 Å². The summed E-state index contributed by atoms with van der Waals surface area (Å²) in [6.45, 7) is 0.113. The Hall–Kier alpha value is -2.82. The molecular formula is C22H24N4O4S2. The number of carbonyl (C=O) groups is 1. The fraction of sp³-hybridized carbons (Fsp3) is 0.273. The maximum absolute atomic E-state index is 12.8. The lowest BCUT2D eigenvalue weighted by molar-refractivity contribution is -0.121. The van der Waals surface area contributed by atoms with Gasteiger partial charge in [-0.1, -0.05) is 30.3 Å². The van der Waals surface area contributed by atoms with E-state index in [4.69, 9.17) is 4.74 Å². The predicted octanol–water partition coefficient (Wildman–Crippen LogP) is 2.85. The molecule has 4 rings (SSSR count). The molecule has 0 unspecified atom stereocenters. The smallest absolute Gasteiger partial charge is 0.259 e. The lowest BCUT2D eigenvalue weighted by Gasteiger charge is -2.18. The van der Waals surface area contributed by atoms with Crippen molar-refractivity contribution in [1.29, 1.82) is 0 Å². The topological polar surface area (TPSA) is 102 Å². The number of carbonyl (C=O) groups excluding carboxylic acids is 1. The molecule has 2 atom stereocenters. The standard InChI is InChI=1S/C22H24N4O4S2/c1-26-14-20(23-15-26)32(28,29)24-13-17-11-12-31-21(22(27)25-17)16-7-9-19(10-8-16)30-18-5-3-2-4-6-18/h2-10,14-15,17,21,24H,11-13H2,1H3,(H,25,27)/t17-,21+/m0/s1. The molecule has 0 aliphatic carbocycles. The first-order valence-electron chi connectivity index (χ1n) is 10.1. The second-order valence-corrected chi connectivity index (χ2v) is 10.4. The number of thioether (sulfide) groups is 1. The van der Waals surface area contributed by atoms with Gasteiger partial charge in [-0.05, 0) is 42.0 Å². The van der Waals surface area contributed by atoms with Gasteiger partial charge >= 0.3 is 0 Å². The van der Waals surface area contributed by atoms with Crippen molar-refractivity contribution in [2.24, 2.45) is 7.05 Å². The first kappa shape index (κ1) is 22.4. The summed E-state index contributed by atoms with van der Waals surface area (Å²) in [6, 6.07) is 16.7. The summed E-state index contributed by atoms with van der Waals surface area (Å²) in [4.78, 5) is 16.7. The number of imidazole rings is 1. The van der Waals surface area contributed by atoms with Crippen LogP contribution >= 0.6 is 11.8 Å². The van der Waals surface area contributed by atoms with Crippen LogP contribution < -0.4 is 14.8 Å². The third-order valence-corrected chi connectivity index (χ3v) is 7.57. The van der Waals surface area contributed by atoms with Crippen LogP contribution in [0.2, 0.25) is 0 Å². The number of para-hydroxylation sites is 1. The van der Waals surface area contributed by atoms with Crippen molar-refractivity contribution in [3.05, 3.63) is 72.7 Å². The minimum absolute atomic E-state index is 0.0370. The molecule has 1 aliphatic heterocycles. The number of rotatable bonds is 7. The molecule has 2 heterocycles. The van der Waals surface area contributed by atoms with Crippen LogP contribution in [-0.4, -0.2) is 42.2 Å². The molecule has 2 aromatic carbocycles. The average molecular weight is 473 g/mol. The van der Waals surface area contributed by atoms with Gasteiger partial charge in [-0.25, -0.2) is 18.1 Å². The van der Waals surface area contributed by atoms with Crippen LogP contribution in [-0.2, 0) is 21.9 Å². The Bertz CT molecular complexity index is 1160. The first-order chi connectivity index (χ1) is 15.4.